The maximum atomic E-state index is 11.4. The Bertz CT molecular complexity index is 1330. The second-order valence-electron chi connectivity index (χ2n) is 7.38. The van der Waals surface area contributed by atoms with Gasteiger partial charge in [-0.05, 0) is 26.0 Å². The van der Waals surface area contributed by atoms with Crippen LogP contribution in [0.4, 0.5) is 5.69 Å². The van der Waals surface area contributed by atoms with Crippen LogP contribution in [0.25, 0.3) is 16.9 Å². The van der Waals surface area contributed by atoms with E-state index in [9.17, 15) is 20.6 Å². The Kier molecular flexibility index (Phi) is 5.28. The maximum Gasteiger partial charge on any atom is 0.270 e. The minimum atomic E-state index is -0.641. The molecule has 2 aromatic carbocycles. The normalized spacial score (nSPS) is 14.0. The fraction of sp³-hybridized carbons (Fsp3) is 0.125. The van der Waals surface area contributed by atoms with Gasteiger partial charge in [0, 0.05) is 40.9 Å². The smallest absolute Gasteiger partial charge is 0.270 e. The lowest BCUT2D eigenvalue weighted by molar-refractivity contribution is -0.384. The van der Waals surface area contributed by atoms with Gasteiger partial charge in [0.05, 0.1) is 45.5 Å². The summed E-state index contributed by atoms with van der Waals surface area (Å²) in [6.45, 7) is 3.58. The third kappa shape index (κ3) is 3.51. The highest BCUT2D eigenvalue weighted by molar-refractivity contribution is 5.70. The van der Waals surface area contributed by atoms with Crippen LogP contribution in [0, 0.1) is 32.8 Å². The van der Waals surface area contributed by atoms with Crippen LogP contribution in [0.1, 0.15) is 25.3 Å². The SMILES string of the molecule is CC1=C(C#N)C(c2cn(-c3ccccc3)nc2-c2cccc([N+](=O)[O-])c2)C(C#N)=C(C)N1. The molecular weight excluding hydrogens is 404 g/mol. The van der Waals surface area contributed by atoms with Crippen molar-refractivity contribution >= 4 is 5.69 Å². The number of nitrogens with zero attached hydrogens (tertiary/aromatic N) is 5. The molecule has 1 aliphatic heterocycles. The molecule has 2 heterocycles. The Hall–Kier alpha value is -4.69. The number of nitro benzene ring substituents is 1. The van der Waals surface area contributed by atoms with Crippen LogP contribution in [-0.4, -0.2) is 14.7 Å². The molecule has 8 nitrogen and oxygen atoms in total. The van der Waals surface area contributed by atoms with E-state index in [0.29, 0.717) is 39.4 Å². The monoisotopic (exact) mass is 422 g/mol. The van der Waals surface area contributed by atoms with E-state index in [2.05, 4.69) is 17.5 Å². The second kappa shape index (κ2) is 8.21. The first-order chi connectivity index (χ1) is 15.4. The van der Waals surface area contributed by atoms with Gasteiger partial charge < -0.3 is 5.32 Å². The number of nitrogens with one attached hydrogen (secondary N) is 1. The lowest BCUT2D eigenvalue weighted by Crippen LogP contribution is -2.23. The first-order valence-corrected chi connectivity index (χ1v) is 9.83. The summed E-state index contributed by atoms with van der Waals surface area (Å²) in [6, 6.07) is 20.1. The summed E-state index contributed by atoms with van der Waals surface area (Å²) in [4.78, 5) is 10.9. The Morgan fingerprint density at radius 2 is 1.69 bits per heavy atom. The molecule has 0 spiro atoms. The predicted molar refractivity (Wildman–Crippen MR) is 118 cm³/mol. The zero-order valence-corrected chi connectivity index (χ0v) is 17.4. The van der Waals surface area contributed by atoms with Gasteiger partial charge in [-0.1, -0.05) is 30.3 Å². The minimum Gasteiger partial charge on any atom is -0.361 e. The highest BCUT2D eigenvalue weighted by Gasteiger charge is 2.33. The quantitative estimate of drug-likeness (QED) is 0.479. The second-order valence-corrected chi connectivity index (χ2v) is 7.38. The van der Waals surface area contributed by atoms with Gasteiger partial charge >= 0.3 is 0 Å². The Labute approximate surface area is 184 Å². The standard InChI is InChI=1S/C24H18N6O2/c1-15-20(12-25)23(21(13-26)16(2)27-15)22-14-29(18-8-4-3-5-9-18)28-24(22)17-7-6-10-19(11-17)30(31)32/h3-11,14,23,27H,1-2H3. The zero-order chi connectivity index (χ0) is 22.8. The number of aromatic nitrogens is 2. The van der Waals surface area contributed by atoms with Crippen molar-refractivity contribution in [3.63, 3.8) is 0 Å². The molecule has 1 aromatic heterocycles. The summed E-state index contributed by atoms with van der Waals surface area (Å²) >= 11 is 0. The maximum absolute atomic E-state index is 11.4. The highest BCUT2D eigenvalue weighted by atomic mass is 16.6. The summed E-state index contributed by atoms with van der Waals surface area (Å²) in [5.41, 5.74) is 4.50. The number of dihydropyridines is 1. The molecule has 0 bridgehead atoms. The van der Waals surface area contributed by atoms with Crippen LogP contribution in [0.2, 0.25) is 0 Å². The Balaban J connectivity index is 2.01. The lowest BCUT2D eigenvalue weighted by Gasteiger charge is -2.25. The summed E-state index contributed by atoms with van der Waals surface area (Å²) in [6.07, 6.45) is 1.79. The van der Waals surface area contributed by atoms with Crippen molar-refractivity contribution in [2.24, 2.45) is 0 Å². The van der Waals surface area contributed by atoms with Gasteiger partial charge in [-0.15, -0.1) is 0 Å². The van der Waals surface area contributed by atoms with Gasteiger partial charge in [-0.3, -0.25) is 10.1 Å². The number of nitriles is 2. The molecule has 0 saturated carbocycles. The fourth-order valence-corrected chi connectivity index (χ4v) is 3.90. The van der Waals surface area contributed by atoms with E-state index in [0.717, 1.165) is 5.69 Å². The third-order valence-corrected chi connectivity index (χ3v) is 5.41. The summed E-state index contributed by atoms with van der Waals surface area (Å²) in [5, 5.41) is 39.0. The lowest BCUT2D eigenvalue weighted by atomic mass is 9.81. The molecule has 156 valence electrons. The summed E-state index contributed by atoms with van der Waals surface area (Å²) in [5.74, 6) is -0.641. The number of non-ortho nitro benzene ring substituents is 1. The molecule has 4 rings (SSSR count). The van der Waals surface area contributed by atoms with Crippen LogP contribution < -0.4 is 5.32 Å². The first kappa shape index (κ1) is 20.6. The fourth-order valence-electron chi connectivity index (χ4n) is 3.90. The van der Waals surface area contributed by atoms with E-state index in [-0.39, 0.29) is 5.69 Å². The van der Waals surface area contributed by atoms with Gasteiger partial charge in [-0.2, -0.15) is 15.6 Å². The third-order valence-electron chi connectivity index (χ3n) is 5.41. The number of allylic oxidation sites excluding steroid dienone is 4. The van der Waals surface area contributed by atoms with Crippen molar-refractivity contribution in [2.45, 2.75) is 19.8 Å². The summed E-state index contributed by atoms with van der Waals surface area (Å²) in [7, 11) is 0. The van der Waals surface area contributed by atoms with Crippen LogP contribution in [-0.2, 0) is 0 Å². The molecule has 0 aliphatic carbocycles. The van der Waals surface area contributed by atoms with E-state index in [1.54, 1.807) is 36.9 Å². The molecule has 0 amide bonds. The Morgan fingerprint density at radius 3 is 2.28 bits per heavy atom. The van der Waals surface area contributed by atoms with Crippen LogP contribution in [0.5, 0.6) is 0 Å². The van der Waals surface area contributed by atoms with E-state index in [1.165, 1.54) is 12.1 Å². The van der Waals surface area contributed by atoms with E-state index in [1.807, 2.05) is 30.3 Å². The van der Waals surface area contributed by atoms with Crippen LogP contribution >= 0.6 is 0 Å². The van der Waals surface area contributed by atoms with Crippen molar-refractivity contribution in [3.8, 4) is 29.1 Å². The van der Waals surface area contributed by atoms with Crippen molar-refractivity contribution in [2.75, 3.05) is 0 Å². The molecule has 0 atom stereocenters. The van der Waals surface area contributed by atoms with Gasteiger partial charge in [0.15, 0.2) is 0 Å². The van der Waals surface area contributed by atoms with Gasteiger partial charge in [0.1, 0.15) is 0 Å². The number of benzene rings is 2. The topological polar surface area (TPSA) is 121 Å². The van der Waals surface area contributed by atoms with Gasteiger partial charge in [-0.25, -0.2) is 4.68 Å². The molecule has 32 heavy (non-hydrogen) atoms. The molecule has 0 saturated heterocycles. The number of nitro groups is 1. The molecular formula is C24H18N6O2. The largest absolute Gasteiger partial charge is 0.361 e. The zero-order valence-electron chi connectivity index (χ0n) is 17.4. The van der Waals surface area contributed by atoms with Crippen LogP contribution in [0.15, 0.2) is 83.3 Å². The van der Waals surface area contributed by atoms with Crippen molar-refractivity contribution in [1.82, 2.24) is 15.1 Å². The highest BCUT2D eigenvalue weighted by Crippen LogP contribution is 2.42. The number of rotatable bonds is 4. The minimum absolute atomic E-state index is 0.0625. The van der Waals surface area contributed by atoms with E-state index in [4.69, 9.17) is 5.10 Å². The molecule has 1 N–H and O–H groups in total. The molecule has 1 aliphatic rings. The summed E-state index contributed by atoms with van der Waals surface area (Å²) < 4.78 is 1.67. The van der Waals surface area contributed by atoms with Gasteiger partial charge in [0.2, 0.25) is 0 Å². The van der Waals surface area contributed by atoms with E-state index < -0.39 is 10.8 Å². The number of para-hydroxylation sites is 1. The van der Waals surface area contributed by atoms with Crippen molar-refractivity contribution < 1.29 is 4.92 Å². The molecule has 0 radical (unpaired) electrons. The number of hydrogen-bond donors (Lipinski definition) is 1. The molecule has 0 unspecified atom stereocenters. The van der Waals surface area contributed by atoms with Crippen molar-refractivity contribution in [1.29, 1.82) is 10.5 Å². The molecule has 3 aromatic rings. The molecule has 8 heteroatoms. The predicted octanol–water partition coefficient (Wildman–Crippen LogP) is 4.73. The van der Waals surface area contributed by atoms with Gasteiger partial charge in [0.25, 0.3) is 5.69 Å². The van der Waals surface area contributed by atoms with Crippen molar-refractivity contribution in [3.05, 3.63) is 99.0 Å². The van der Waals surface area contributed by atoms with Crippen LogP contribution in [0.3, 0.4) is 0 Å². The average Bonchev–Trinajstić information content (AvgIpc) is 3.24. The molecule has 0 fully saturated rings. The van der Waals surface area contributed by atoms with E-state index >= 15 is 0 Å². The first-order valence-electron chi connectivity index (χ1n) is 9.83. The Morgan fingerprint density at radius 1 is 1.03 bits per heavy atom. The number of hydrogen-bond acceptors (Lipinski definition) is 6. The average molecular weight is 422 g/mol.